The number of carbonyl (C=O) groups is 1. The summed E-state index contributed by atoms with van der Waals surface area (Å²) >= 11 is 0. The molecule has 128 valence electrons. The van der Waals surface area contributed by atoms with Crippen molar-refractivity contribution in [1.82, 2.24) is 5.32 Å². The van der Waals surface area contributed by atoms with Crippen molar-refractivity contribution < 1.29 is 14.3 Å². The summed E-state index contributed by atoms with van der Waals surface area (Å²) in [6, 6.07) is 15.1. The van der Waals surface area contributed by atoms with Gasteiger partial charge in [-0.3, -0.25) is 4.79 Å². The molecule has 0 radical (unpaired) electrons. The number of aryl methyl sites for hydroxylation is 1. The minimum atomic E-state index is -0.176. The molecule has 0 aromatic heterocycles. The molecule has 2 aromatic carbocycles. The largest absolute Gasteiger partial charge is 0.493 e. The lowest BCUT2D eigenvalue weighted by molar-refractivity contribution is -0.116. The van der Waals surface area contributed by atoms with Gasteiger partial charge in [0, 0.05) is 12.6 Å². The first kappa shape index (κ1) is 18.1. The minimum Gasteiger partial charge on any atom is -0.493 e. The van der Waals surface area contributed by atoms with Gasteiger partial charge >= 0.3 is 0 Å². The quantitative estimate of drug-likeness (QED) is 0.788. The molecule has 5 nitrogen and oxygen atoms in total. The molecule has 2 rings (SSSR count). The smallest absolute Gasteiger partial charge is 0.244 e. The van der Waals surface area contributed by atoms with Crippen molar-refractivity contribution in [1.29, 1.82) is 5.26 Å². The third-order valence-corrected chi connectivity index (χ3v) is 3.46. The van der Waals surface area contributed by atoms with E-state index in [4.69, 9.17) is 14.7 Å². The first-order valence-corrected chi connectivity index (χ1v) is 7.81. The molecule has 0 aliphatic carbocycles. The Kier molecular flexibility index (Phi) is 6.61. The van der Waals surface area contributed by atoms with Gasteiger partial charge in [-0.2, -0.15) is 5.26 Å². The lowest BCUT2D eigenvalue weighted by atomic mass is 10.1. The van der Waals surface area contributed by atoms with Gasteiger partial charge in [0.1, 0.15) is 6.07 Å². The maximum atomic E-state index is 11.9. The number of hydrogen-bond donors (Lipinski definition) is 1. The van der Waals surface area contributed by atoms with Gasteiger partial charge in [0.05, 0.1) is 7.11 Å². The summed E-state index contributed by atoms with van der Waals surface area (Å²) in [7, 11) is 1.52. The summed E-state index contributed by atoms with van der Waals surface area (Å²) in [6.07, 6.45) is 3.17. The van der Waals surface area contributed by atoms with Gasteiger partial charge in [-0.15, -0.1) is 0 Å². The highest BCUT2D eigenvalue weighted by atomic mass is 16.5. The van der Waals surface area contributed by atoms with E-state index < -0.39 is 0 Å². The first-order chi connectivity index (χ1) is 12.1. The standard InChI is InChI=1S/C20H20N2O3/c1-15-4-3-5-17(12-15)14-22-20(23)9-7-16-6-8-18(25-11-10-21)19(13-16)24-2/h3-9,12-13H,11,14H2,1-2H3,(H,22,23)/b9-7+. The summed E-state index contributed by atoms with van der Waals surface area (Å²) in [5.74, 6) is 0.827. The summed E-state index contributed by atoms with van der Waals surface area (Å²) < 4.78 is 10.5. The zero-order chi connectivity index (χ0) is 18.1. The number of rotatable bonds is 7. The van der Waals surface area contributed by atoms with E-state index in [1.54, 1.807) is 24.3 Å². The number of carbonyl (C=O) groups excluding carboxylic acids is 1. The molecule has 0 atom stereocenters. The molecule has 0 unspecified atom stereocenters. The van der Waals surface area contributed by atoms with Crippen LogP contribution in [0.15, 0.2) is 48.5 Å². The molecule has 1 N–H and O–H groups in total. The molecule has 0 spiro atoms. The predicted molar refractivity (Wildman–Crippen MR) is 96.2 cm³/mol. The van der Waals surface area contributed by atoms with Crippen molar-refractivity contribution in [2.75, 3.05) is 13.7 Å². The zero-order valence-electron chi connectivity index (χ0n) is 14.3. The molecule has 1 amide bonds. The van der Waals surface area contributed by atoms with Crippen molar-refractivity contribution in [3.63, 3.8) is 0 Å². The topological polar surface area (TPSA) is 71.3 Å². The Labute approximate surface area is 147 Å². The van der Waals surface area contributed by atoms with Crippen molar-refractivity contribution in [3.8, 4) is 17.6 Å². The molecular weight excluding hydrogens is 316 g/mol. The predicted octanol–water partition coefficient (Wildman–Crippen LogP) is 3.24. The number of nitriles is 1. The molecule has 0 saturated carbocycles. The third kappa shape index (κ3) is 5.70. The van der Waals surface area contributed by atoms with Gasteiger partial charge < -0.3 is 14.8 Å². The van der Waals surface area contributed by atoms with Crippen molar-refractivity contribution in [3.05, 3.63) is 65.2 Å². The van der Waals surface area contributed by atoms with E-state index in [1.807, 2.05) is 37.3 Å². The van der Waals surface area contributed by atoms with Gasteiger partial charge in [-0.25, -0.2) is 0 Å². The molecule has 0 fully saturated rings. The second kappa shape index (κ2) is 9.14. The van der Waals surface area contributed by atoms with Gasteiger partial charge in [0.2, 0.25) is 5.91 Å². The highest BCUT2D eigenvalue weighted by Crippen LogP contribution is 2.28. The molecule has 0 saturated heterocycles. The van der Waals surface area contributed by atoms with Crippen LogP contribution in [0.3, 0.4) is 0 Å². The van der Waals surface area contributed by atoms with Gasteiger partial charge in [-0.05, 0) is 36.3 Å². The molecule has 25 heavy (non-hydrogen) atoms. The Morgan fingerprint density at radius 2 is 2.08 bits per heavy atom. The number of ether oxygens (including phenoxy) is 2. The highest BCUT2D eigenvalue weighted by molar-refractivity contribution is 5.91. The Bertz CT molecular complexity index is 807. The molecule has 0 aliphatic heterocycles. The Morgan fingerprint density at radius 1 is 1.24 bits per heavy atom. The summed E-state index contributed by atoms with van der Waals surface area (Å²) in [4.78, 5) is 11.9. The molecule has 5 heteroatoms. The lowest BCUT2D eigenvalue weighted by Crippen LogP contribution is -2.20. The second-order valence-corrected chi connectivity index (χ2v) is 5.40. The fourth-order valence-corrected chi connectivity index (χ4v) is 2.26. The van der Waals surface area contributed by atoms with E-state index in [-0.39, 0.29) is 12.5 Å². The number of benzene rings is 2. The number of nitrogens with one attached hydrogen (secondary N) is 1. The molecule has 0 bridgehead atoms. The number of nitrogens with zero attached hydrogens (tertiary/aromatic N) is 1. The van der Waals surface area contributed by atoms with Crippen LogP contribution in [0.1, 0.15) is 16.7 Å². The van der Waals surface area contributed by atoms with Crippen LogP contribution < -0.4 is 14.8 Å². The maximum absolute atomic E-state index is 11.9. The van der Waals surface area contributed by atoms with E-state index >= 15 is 0 Å². The normalized spacial score (nSPS) is 10.3. The van der Waals surface area contributed by atoms with Crippen molar-refractivity contribution in [2.45, 2.75) is 13.5 Å². The van der Waals surface area contributed by atoms with Crippen LogP contribution in [0.5, 0.6) is 11.5 Å². The second-order valence-electron chi connectivity index (χ2n) is 5.40. The zero-order valence-corrected chi connectivity index (χ0v) is 14.3. The van der Waals surface area contributed by atoms with Crippen LogP contribution >= 0.6 is 0 Å². The Morgan fingerprint density at radius 3 is 2.80 bits per heavy atom. The van der Waals surface area contributed by atoms with E-state index in [2.05, 4.69) is 5.32 Å². The minimum absolute atomic E-state index is 0.0487. The fourth-order valence-electron chi connectivity index (χ4n) is 2.26. The average molecular weight is 336 g/mol. The van der Waals surface area contributed by atoms with Crippen LogP contribution in [0, 0.1) is 18.3 Å². The number of amides is 1. The lowest BCUT2D eigenvalue weighted by Gasteiger charge is -2.08. The van der Waals surface area contributed by atoms with Gasteiger partial charge in [0.25, 0.3) is 0 Å². The van der Waals surface area contributed by atoms with Crippen LogP contribution in [0.4, 0.5) is 0 Å². The Balaban J connectivity index is 1.96. The number of hydrogen-bond acceptors (Lipinski definition) is 4. The van der Waals surface area contributed by atoms with Crippen LogP contribution in [-0.2, 0) is 11.3 Å². The van der Waals surface area contributed by atoms with Crippen LogP contribution in [-0.4, -0.2) is 19.6 Å². The molecule has 0 heterocycles. The van der Waals surface area contributed by atoms with E-state index in [0.29, 0.717) is 18.0 Å². The molecule has 0 aliphatic rings. The number of methoxy groups -OCH3 is 1. The van der Waals surface area contributed by atoms with Crippen molar-refractivity contribution >= 4 is 12.0 Å². The van der Waals surface area contributed by atoms with E-state index in [1.165, 1.54) is 13.2 Å². The van der Waals surface area contributed by atoms with Gasteiger partial charge in [-0.1, -0.05) is 35.9 Å². The van der Waals surface area contributed by atoms with E-state index in [9.17, 15) is 4.79 Å². The summed E-state index contributed by atoms with van der Waals surface area (Å²) in [5, 5.41) is 11.4. The third-order valence-electron chi connectivity index (χ3n) is 3.46. The first-order valence-electron chi connectivity index (χ1n) is 7.81. The summed E-state index contributed by atoms with van der Waals surface area (Å²) in [5.41, 5.74) is 3.02. The Hall–Kier alpha value is -3.26. The average Bonchev–Trinajstić information content (AvgIpc) is 2.63. The fraction of sp³-hybridized carbons (Fsp3) is 0.200. The highest BCUT2D eigenvalue weighted by Gasteiger charge is 2.05. The monoisotopic (exact) mass is 336 g/mol. The van der Waals surface area contributed by atoms with Crippen LogP contribution in [0.25, 0.3) is 6.08 Å². The SMILES string of the molecule is COc1cc(/C=C/C(=O)NCc2cccc(C)c2)ccc1OCC#N. The van der Waals surface area contributed by atoms with Crippen LogP contribution in [0.2, 0.25) is 0 Å². The maximum Gasteiger partial charge on any atom is 0.244 e. The molecule has 2 aromatic rings. The summed E-state index contributed by atoms with van der Waals surface area (Å²) in [6.45, 7) is 2.45. The van der Waals surface area contributed by atoms with Crippen molar-refractivity contribution in [2.24, 2.45) is 0 Å². The van der Waals surface area contributed by atoms with E-state index in [0.717, 1.165) is 16.7 Å². The molecular formula is C20H20N2O3. The van der Waals surface area contributed by atoms with Gasteiger partial charge in [0.15, 0.2) is 18.1 Å².